The van der Waals surface area contributed by atoms with Gasteiger partial charge in [-0.3, -0.25) is 0 Å². The third kappa shape index (κ3) is 7.06. The van der Waals surface area contributed by atoms with E-state index in [2.05, 4.69) is 6.92 Å². The van der Waals surface area contributed by atoms with E-state index in [9.17, 15) is 8.78 Å². The Morgan fingerprint density at radius 2 is 1.43 bits per heavy atom. The predicted octanol–water partition coefficient (Wildman–Crippen LogP) is 9.10. The fourth-order valence-corrected chi connectivity index (χ4v) is 6.78. The molecule has 4 heteroatoms. The molecule has 4 rings (SSSR count). The molecule has 1 saturated carbocycles. The molecular weight excluding hydrogens is 442 g/mol. The number of halogens is 2. The number of benzene rings is 1. The summed E-state index contributed by atoms with van der Waals surface area (Å²) in [7, 11) is 0. The van der Waals surface area contributed by atoms with Crippen molar-refractivity contribution in [1.29, 1.82) is 0 Å². The highest BCUT2D eigenvalue weighted by Crippen LogP contribution is 2.43. The van der Waals surface area contributed by atoms with Crippen LogP contribution in [0.4, 0.5) is 8.78 Å². The van der Waals surface area contributed by atoms with E-state index >= 15 is 0 Å². The second kappa shape index (κ2) is 13.0. The summed E-state index contributed by atoms with van der Waals surface area (Å²) >= 11 is 0. The lowest BCUT2D eigenvalue weighted by Crippen LogP contribution is -2.45. The second-order valence-electron chi connectivity index (χ2n) is 11.8. The van der Waals surface area contributed by atoms with Gasteiger partial charge in [-0.1, -0.05) is 90.2 Å². The molecule has 0 bridgehead atoms. The first-order chi connectivity index (χ1) is 17.0. The van der Waals surface area contributed by atoms with E-state index in [4.69, 9.17) is 9.47 Å². The Hall–Kier alpha value is -1.00. The maximum atomic E-state index is 14.7. The zero-order valence-electron chi connectivity index (χ0n) is 22.3. The molecule has 2 saturated heterocycles. The zero-order valence-corrected chi connectivity index (χ0v) is 22.3. The second-order valence-corrected chi connectivity index (χ2v) is 11.8. The van der Waals surface area contributed by atoms with Gasteiger partial charge in [-0.2, -0.15) is 0 Å². The van der Waals surface area contributed by atoms with Crippen LogP contribution in [-0.4, -0.2) is 19.0 Å². The van der Waals surface area contributed by atoms with Crippen molar-refractivity contribution in [2.24, 2.45) is 17.8 Å². The largest absolute Gasteiger partial charge is 0.350 e. The summed E-state index contributed by atoms with van der Waals surface area (Å²) in [6.45, 7) is 5.47. The molecule has 198 valence electrons. The first-order valence-electron chi connectivity index (χ1n) is 14.8. The minimum Gasteiger partial charge on any atom is -0.350 e. The first kappa shape index (κ1) is 27.0. The maximum Gasteiger partial charge on any atom is 0.168 e. The average Bonchev–Trinajstić information content (AvgIpc) is 2.88. The van der Waals surface area contributed by atoms with E-state index in [1.54, 1.807) is 12.1 Å². The van der Waals surface area contributed by atoms with Gasteiger partial charge < -0.3 is 9.47 Å². The van der Waals surface area contributed by atoms with Gasteiger partial charge in [-0.05, 0) is 54.6 Å². The summed E-state index contributed by atoms with van der Waals surface area (Å²) in [4.78, 5) is 0. The van der Waals surface area contributed by atoms with Crippen molar-refractivity contribution in [3.8, 4) is 0 Å². The standard InChI is InChI=1S/C31H48F2O2/c1-3-5-6-8-23-9-11-24(12-10-23)13-14-25-17-19-31(34-21-25)20-18-27(22-35-31)28-16-15-26(7-4-2)29(32)30(28)33/h15-16,23-25,27H,3-14,17-22H2,1-2H3. The SMILES string of the molecule is CCCCCC1CCC(CCC2CCC3(CCC(c4ccc(CCC)c(F)c4F)CO3)OC2)CC1. The van der Waals surface area contributed by atoms with Crippen molar-refractivity contribution in [2.75, 3.05) is 13.2 Å². The Bertz CT molecular complexity index is 768. The molecule has 1 spiro atoms. The van der Waals surface area contributed by atoms with Crippen LogP contribution in [0.25, 0.3) is 0 Å². The van der Waals surface area contributed by atoms with Gasteiger partial charge in [0, 0.05) is 18.8 Å². The molecule has 3 fully saturated rings. The Morgan fingerprint density at radius 3 is 2.06 bits per heavy atom. The number of ether oxygens (including phenoxy) is 2. The fraction of sp³-hybridized carbons (Fsp3) is 0.806. The molecular formula is C31H48F2O2. The summed E-state index contributed by atoms with van der Waals surface area (Å²) in [5, 5.41) is 0. The quantitative estimate of drug-likeness (QED) is 0.304. The summed E-state index contributed by atoms with van der Waals surface area (Å²) in [5.41, 5.74) is 0.939. The van der Waals surface area contributed by atoms with Gasteiger partial charge in [0.15, 0.2) is 17.4 Å². The molecule has 2 heterocycles. The summed E-state index contributed by atoms with van der Waals surface area (Å²) in [5.74, 6) is 0.597. The fourth-order valence-electron chi connectivity index (χ4n) is 6.78. The summed E-state index contributed by atoms with van der Waals surface area (Å²) < 4.78 is 41.7. The van der Waals surface area contributed by atoms with Crippen molar-refractivity contribution in [3.63, 3.8) is 0 Å². The van der Waals surface area contributed by atoms with E-state index in [0.29, 0.717) is 30.1 Å². The minimum atomic E-state index is -0.680. The number of rotatable bonds is 10. The van der Waals surface area contributed by atoms with Crippen molar-refractivity contribution in [2.45, 2.75) is 128 Å². The van der Waals surface area contributed by atoms with Gasteiger partial charge in [0.2, 0.25) is 0 Å². The highest BCUT2D eigenvalue weighted by Gasteiger charge is 2.42. The van der Waals surface area contributed by atoms with E-state index < -0.39 is 17.4 Å². The van der Waals surface area contributed by atoms with Gasteiger partial charge in [0.05, 0.1) is 13.2 Å². The van der Waals surface area contributed by atoms with Crippen LogP contribution in [0, 0.1) is 29.4 Å². The Balaban J connectivity index is 1.17. The van der Waals surface area contributed by atoms with Gasteiger partial charge in [0.25, 0.3) is 0 Å². The molecule has 3 unspecified atom stereocenters. The highest BCUT2D eigenvalue weighted by molar-refractivity contribution is 5.29. The van der Waals surface area contributed by atoms with E-state index in [1.165, 1.54) is 64.2 Å². The molecule has 3 atom stereocenters. The van der Waals surface area contributed by atoms with Gasteiger partial charge in [0.1, 0.15) is 0 Å². The van der Waals surface area contributed by atoms with E-state index in [1.807, 2.05) is 6.92 Å². The molecule has 0 amide bonds. The molecule has 35 heavy (non-hydrogen) atoms. The van der Waals surface area contributed by atoms with Crippen molar-refractivity contribution < 1.29 is 18.3 Å². The summed E-state index contributed by atoms with van der Waals surface area (Å²) in [6.07, 6.45) is 19.0. The lowest BCUT2D eigenvalue weighted by Gasteiger charge is -2.44. The van der Waals surface area contributed by atoms with Gasteiger partial charge in [-0.15, -0.1) is 0 Å². The van der Waals surface area contributed by atoms with Crippen LogP contribution in [0.1, 0.15) is 127 Å². The number of hydrogen-bond acceptors (Lipinski definition) is 2. The molecule has 1 aliphatic carbocycles. The Kier molecular flexibility index (Phi) is 10.0. The molecule has 1 aromatic rings. The van der Waals surface area contributed by atoms with Crippen molar-refractivity contribution >= 4 is 0 Å². The normalized spacial score (nSPS) is 31.7. The molecule has 3 aliphatic rings. The van der Waals surface area contributed by atoms with Crippen LogP contribution in [0.15, 0.2) is 12.1 Å². The minimum absolute atomic E-state index is 0.0933. The van der Waals surface area contributed by atoms with Gasteiger partial charge in [-0.25, -0.2) is 8.78 Å². The first-order valence-corrected chi connectivity index (χ1v) is 14.8. The Morgan fingerprint density at radius 1 is 0.743 bits per heavy atom. The molecule has 0 aromatic heterocycles. The van der Waals surface area contributed by atoms with Crippen LogP contribution in [0.5, 0.6) is 0 Å². The number of hydrogen-bond donors (Lipinski definition) is 0. The number of aryl methyl sites for hydroxylation is 1. The van der Waals surface area contributed by atoms with Crippen molar-refractivity contribution in [3.05, 3.63) is 34.9 Å². The molecule has 2 aliphatic heterocycles. The average molecular weight is 491 g/mol. The zero-order chi connectivity index (χ0) is 24.7. The van der Waals surface area contributed by atoms with Crippen LogP contribution < -0.4 is 0 Å². The van der Waals surface area contributed by atoms with Gasteiger partial charge >= 0.3 is 0 Å². The molecule has 1 aromatic carbocycles. The third-order valence-electron chi connectivity index (χ3n) is 9.25. The molecule has 2 nitrogen and oxygen atoms in total. The smallest absolute Gasteiger partial charge is 0.168 e. The number of unbranched alkanes of at least 4 members (excludes halogenated alkanes) is 2. The van der Waals surface area contributed by atoms with Crippen LogP contribution in [0.2, 0.25) is 0 Å². The predicted molar refractivity (Wildman–Crippen MR) is 139 cm³/mol. The van der Waals surface area contributed by atoms with E-state index in [-0.39, 0.29) is 5.92 Å². The van der Waals surface area contributed by atoms with Crippen molar-refractivity contribution in [1.82, 2.24) is 0 Å². The monoisotopic (exact) mass is 490 g/mol. The van der Waals surface area contributed by atoms with Crippen LogP contribution in [-0.2, 0) is 15.9 Å². The lowest BCUT2D eigenvalue weighted by atomic mass is 9.76. The summed E-state index contributed by atoms with van der Waals surface area (Å²) in [6, 6.07) is 3.52. The highest BCUT2D eigenvalue weighted by atomic mass is 19.2. The van der Waals surface area contributed by atoms with Crippen LogP contribution in [0.3, 0.4) is 0 Å². The lowest BCUT2D eigenvalue weighted by molar-refractivity contribution is -0.284. The van der Waals surface area contributed by atoms with E-state index in [0.717, 1.165) is 50.5 Å². The van der Waals surface area contributed by atoms with Crippen LogP contribution >= 0.6 is 0 Å². The molecule has 0 N–H and O–H groups in total. The molecule has 0 radical (unpaired) electrons. The third-order valence-corrected chi connectivity index (χ3v) is 9.25. The maximum absolute atomic E-state index is 14.7. The Labute approximate surface area is 212 Å². The topological polar surface area (TPSA) is 18.5 Å².